The molecule has 0 saturated carbocycles. The largest absolute Gasteiger partial charge is 0.394 e. The number of carbonyl (C=O) groups excluding carboxylic acids is 1. The second-order valence-electron chi connectivity index (χ2n) is 14.4. The first-order valence-electron chi connectivity index (χ1n) is 20.9. The zero-order chi connectivity index (χ0) is 33.6. The molecule has 0 bridgehead atoms. The van der Waals surface area contributed by atoms with Gasteiger partial charge < -0.3 is 15.5 Å². The van der Waals surface area contributed by atoms with Gasteiger partial charge in [-0.05, 0) is 32.1 Å². The summed E-state index contributed by atoms with van der Waals surface area (Å²) in [5.41, 5.74) is 0. The maximum absolute atomic E-state index is 12.4. The van der Waals surface area contributed by atoms with Crippen LogP contribution in [-0.4, -0.2) is 34.9 Å². The number of allylic oxidation sites excluding steroid dienone is 2. The molecule has 0 aliphatic rings. The Morgan fingerprint density at radius 3 is 1.28 bits per heavy atom. The van der Waals surface area contributed by atoms with Crippen LogP contribution in [0.4, 0.5) is 0 Å². The molecule has 0 heterocycles. The lowest BCUT2D eigenvalue weighted by molar-refractivity contribution is -0.123. The summed E-state index contributed by atoms with van der Waals surface area (Å²) in [7, 11) is 0. The first kappa shape index (κ1) is 45.1. The van der Waals surface area contributed by atoms with Gasteiger partial charge in [0.15, 0.2) is 0 Å². The van der Waals surface area contributed by atoms with Gasteiger partial charge in [0.1, 0.15) is 0 Å². The van der Waals surface area contributed by atoms with Gasteiger partial charge >= 0.3 is 0 Å². The number of hydrogen-bond donors (Lipinski definition) is 3. The Kier molecular flexibility index (Phi) is 37.8. The van der Waals surface area contributed by atoms with Crippen molar-refractivity contribution >= 4 is 5.91 Å². The molecule has 0 saturated heterocycles. The van der Waals surface area contributed by atoms with Crippen molar-refractivity contribution in [2.75, 3.05) is 6.61 Å². The van der Waals surface area contributed by atoms with Crippen molar-refractivity contribution in [2.45, 2.75) is 244 Å². The van der Waals surface area contributed by atoms with E-state index in [0.717, 1.165) is 25.7 Å². The highest BCUT2D eigenvalue weighted by Crippen LogP contribution is 2.16. The van der Waals surface area contributed by atoms with E-state index in [1.807, 2.05) is 0 Å². The third kappa shape index (κ3) is 34.5. The summed E-state index contributed by atoms with van der Waals surface area (Å²) >= 11 is 0. The smallest absolute Gasteiger partial charge is 0.220 e. The van der Waals surface area contributed by atoms with E-state index in [1.165, 1.54) is 180 Å². The number of aliphatic hydroxyl groups excluding tert-OH is 2. The lowest BCUT2D eigenvalue weighted by atomic mass is 10.0. The molecule has 0 aromatic heterocycles. The molecule has 46 heavy (non-hydrogen) atoms. The molecule has 0 aromatic carbocycles. The molecule has 0 radical (unpaired) electrons. The number of nitrogens with one attached hydrogen (secondary N) is 1. The van der Waals surface area contributed by atoms with Crippen LogP contribution in [0.1, 0.15) is 232 Å². The fourth-order valence-corrected chi connectivity index (χ4v) is 6.54. The Balaban J connectivity index is 3.47. The van der Waals surface area contributed by atoms with E-state index >= 15 is 0 Å². The SMILES string of the molecule is CCCC=CCCCCCCCCCCC(O)C(CO)NC(=O)CCCCCCCCCCCCCCCCCCCCCCC. The van der Waals surface area contributed by atoms with Gasteiger partial charge in [-0.2, -0.15) is 0 Å². The minimum absolute atomic E-state index is 0.0308. The van der Waals surface area contributed by atoms with Crippen molar-refractivity contribution in [2.24, 2.45) is 0 Å². The van der Waals surface area contributed by atoms with Crippen molar-refractivity contribution in [3.8, 4) is 0 Å². The van der Waals surface area contributed by atoms with Gasteiger partial charge in [-0.15, -0.1) is 0 Å². The molecule has 3 N–H and O–H groups in total. The monoisotopic (exact) mass is 650 g/mol. The van der Waals surface area contributed by atoms with Gasteiger partial charge in [-0.25, -0.2) is 0 Å². The lowest BCUT2D eigenvalue weighted by Gasteiger charge is -2.22. The molecule has 4 nitrogen and oxygen atoms in total. The first-order chi connectivity index (χ1) is 22.7. The molecule has 1 amide bonds. The average Bonchev–Trinajstić information content (AvgIpc) is 3.06. The second-order valence-corrected chi connectivity index (χ2v) is 14.4. The van der Waals surface area contributed by atoms with Crippen LogP contribution in [0.25, 0.3) is 0 Å². The summed E-state index contributed by atoms with van der Waals surface area (Å²) in [6.45, 7) is 4.32. The van der Waals surface area contributed by atoms with E-state index in [4.69, 9.17) is 0 Å². The molecule has 0 rings (SSSR count). The summed E-state index contributed by atoms with van der Waals surface area (Å²) in [5, 5.41) is 23.1. The number of amides is 1. The zero-order valence-electron chi connectivity index (χ0n) is 31.4. The Morgan fingerprint density at radius 1 is 0.500 bits per heavy atom. The molecule has 0 aromatic rings. The van der Waals surface area contributed by atoms with Crippen LogP contribution in [0.2, 0.25) is 0 Å². The third-order valence-corrected chi connectivity index (χ3v) is 9.76. The number of aliphatic hydroxyl groups is 2. The van der Waals surface area contributed by atoms with E-state index in [2.05, 4.69) is 31.3 Å². The Morgan fingerprint density at radius 2 is 0.870 bits per heavy atom. The molecule has 0 spiro atoms. The van der Waals surface area contributed by atoms with Crippen molar-refractivity contribution < 1.29 is 15.0 Å². The molecular formula is C42H83NO3. The predicted molar refractivity (Wildman–Crippen MR) is 202 cm³/mol. The number of hydrogen-bond acceptors (Lipinski definition) is 3. The fraction of sp³-hybridized carbons (Fsp3) is 0.929. The molecule has 274 valence electrons. The minimum Gasteiger partial charge on any atom is -0.394 e. The summed E-state index contributed by atoms with van der Waals surface area (Å²) in [6.07, 6.45) is 47.1. The maximum Gasteiger partial charge on any atom is 0.220 e. The van der Waals surface area contributed by atoms with Crippen LogP contribution < -0.4 is 5.32 Å². The summed E-state index contributed by atoms with van der Waals surface area (Å²) < 4.78 is 0. The standard InChI is InChI=1S/C42H83NO3/c1-3-5-7-9-11-13-15-17-18-19-20-21-22-23-24-26-28-30-32-34-36-38-42(46)43-40(39-44)41(45)37-35-33-31-29-27-25-16-14-12-10-8-6-4-2/h8,10,40-41,44-45H,3-7,9,11-39H2,1-2H3,(H,43,46). The summed E-state index contributed by atoms with van der Waals surface area (Å²) in [4.78, 5) is 12.4. The van der Waals surface area contributed by atoms with E-state index < -0.39 is 12.1 Å². The van der Waals surface area contributed by atoms with Crippen molar-refractivity contribution in [1.29, 1.82) is 0 Å². The fourth-order valence-electron chi connectivity index (χ4n) is 6.54. The quantitative estimate of drug-likeness (QED) is 0.0460. The second kappa shape index (κ2) is 38.6. The maximum atomic E-state index is 12.4. The van der Waals surface area contributed by atoms with Gasteiger partial charge in [-0.3, -0.25) is 4.79 Å². The van der Waals surface area contributed by atoms with Gasteiger partial charge in [0.05, 0.1) is 18.8 Å². The molecular weight excluding hydrogens is 566 g/mol. The average molecular weight is 650 g/mol. The van der Waals surface area contributed by atoms with Crippen LogP contribution in [0.3, 0.4) is 0 Å². The van der Waals surface area contributed by atoms with Gasteiger partial charge in [0, 0.05) is 6.42 Å². The van der Waals surface area contributed by atoms with E-state index in [-0.39, 0.29) is 12.5 Å². The summed E-state index contributed by atoms with van der Waals surface area (Å²) in [6, 6.07) is -0.534. The van der Waals surface area contributed by atoms with Gasteiger partial charge in [-0.1, -0.05) is 206 Å². The zero-order valence-corrected chi connectivity index (χ0v) is 31.4. The van der Waals surface area contributed by atoms with E-state index in [9.17, 15) is 15.0 Å². The normalized spacial score (nSPS) is 13.0. The van der Waals surface area contributed by atoms with Crippen LogP contribution in [0.15, 0.2) is 12.2 Å². The molecule has 2 atom stereocenters. The Hall–Kier alpha value is -0.870. The van der Waals surface area contributed by atoms with E-state index in [1.54, 1.807) is 0 Å². The van der Waals surface area contributed by atoms with Crippen LogP contribution in [0, 0.1) is 0 Å². The third-order valence-electron chi connectivity index (χ3n) is 9.76. The highest BCUT2D eigenvalue weighted by Gasteiger charge is 2.19. The topological polar surface area (TPSA) is 69.6 Å². The predicted octanol–water partition coefficient (Wildman–Crippen LogP) is 12.7. The number of rotatable bonds is 38. The van der Waals surface area contributed by atoms with Gasteiger partial charge in [0.25, 0.3) is 0 Å². The molecule has 0 fully saturated rings. The van der Waals surface area contributed by atoms with Crippen molar-refractivity contribution in [1.82, 2.24) is 5.32 Å². The summed E-state index contributed by atoms with van der Waals surface area (Å²) in [5.74, 6) is -0.0308. The molecule has 0 aliphatic carbocycles. The molecule has 0 aliphatic heterocycles. The highest BCUT2D eigenvalue weighted by atomic mass is 16.3. The number of carbonyl (C=O) groups is 1. The van der Waals surface area contributed by atoms with Crippen LogP contribution in [0.5, 0.6) is 0 Å². The Bertz CT molecular complexity index is 622. The molecule has 2 unspecified atom stereocenters. The van der Waals surface area contributed by atoms with Gasteiger partial charge in [0.2, 0.25) is 5.91 Å². The lowest BCUT2D eigenvalue weighted by Crippen LogP contribution is -2.45. The number of unbranched alkanes of at least 4 members (excludes halogenated alkanes) is 29. The highest BCUT2D eigenvalue weighted by molar-refractivity contribution is 5.76. The van der Waals surface area contributed by atoms with E-state index in [0.29, 0.717) is 12.8 Å². The van der Waals surface area contributed by atoms with Crippen molar-refractivity contribution in [3.63, 3.8) is 0 Å². The van der Waals surface area contributed by atoms with Crippen LogP contribution >= 0.6 is 0 Å². The first-order valence-corrected chi connectivity index (χ1v) is 20.9. The van der Waals surface area contributed by atoms with Crippen LogP contribution in [-0.2, 0) is 4.79 Å². The Labute approximate surface area is 288 Å². The minimum atomic E-state index is -0.658. The van der Waals surface area contributed by atoms with Crippen molar-refractivity contribution in [3.05, 3.63) is 12.2 Å². The molecule has 4 heteroatoms.